The number of ether oxygens (including phenoxy) is 1. The first-order valence-electron chi connectivity index (χ1n) is 11.8. The Hall–Kier alpha value is -1.64. The van der Waals surface area contributed by atoms with Crippen molar-refractivity contribution in [1.29, 1.82) is 0 Å². The van der Waals surface area contributed by atoms with Crippen LogP contribution in [0.5, 0.6) is 0 Å². The normalized spacial score (nSPS) is 41.5. The van der Waals surface area contributed by atoms with Gasteiger partial charge in [-0.3, -0.25) is 9.78 Å². The molecule has 0 radical (unpaired) electrons. The van der Waals surface area contributed by atoms with Crippen LogP contribution in [0.25, 0.3) is 5.57 Å². The van der Waals surface area contributed by atoms with E-state index in [2.05, 4.69) is 44.1 Å². The Morgan fingerprint density at radius 2 is 2.00 bits per heavy atom. The lowest BCUT2D eigenvalue weighted by Crippen LogP contribution is -2.51. The molecule has 1 saturated heterocycles. The van der Waals surface area contributed by atoms with Crippen molar-refractivity contribution in [3.63, 3.8) is 0 Å². The molecule has 0 N–H and O–H groups in total. The maximum atomic E-state index is 12.0. The van der Waals surface area contributed by atoms with Crippen LogP contribution in [0.2, 0.25) is 0 Å². The van der Waals surface area contributed by atoms with Crippen molar-refractivity contribution in [3.05, 3.63) is 35.7 Å². The maximum Gasteiger partial charge on any atom is 0.305 e. The summed E-state index contributed by atoms with van der Waals surface area (Å²) in [5, 5.41) is 0. The zero-order valence-corrected chi connectivity index (χ0v) is 18.2. The van der Waals surface area contributed by atoms with E-state index >= 15 is 0 Å². The van der Waals surface area contributed by atoms with E-state index in [1.165, 1.54) is 43.2 Å². The maximum absolute atomic E-state index is 12.0. The van der Waals surface area contributed by atoms with Crippen molar-refractivity contribution in [3.8, 4) is 0 Å². The molecule has 4 aliphatic rings. The third-order valence-electron chi connectivity index (χ3n) is 9.47. The number of aromatic nitrogens is 1. The Bertz CT molecular complexity index is 845. The number of nitrogens with zero attached hydrogens (tertiary/aromatic N) is 1. The molecule has 29 heavy (non-hydrogen) atoms. The van der Waals surface area contributed by atoms with E-state index in [0.717, 1.165) is 30.6 Å². The molecule has 6 atom stereocenters. The average Bonchev–Trinajstić information content (AvgIpc) is 3.01. The topological polar surface area (TPSA) is 39.2 Å². The van der Waals surface area contributed by atoms with E-state index in [1.807, 2.05) is 6.20 Å². The molecule has 1 aromatic rings. The molecule has 3 unspecified atom stereocenters. The molecule has 3 nitrogen and oxygen atoms in total. The van der Waals surface area contributed by atoms with Crippen molar-refractivity contribution in [2.24, 2.45) is 34.5 Å². The molecule has 3 fully saturated rings. The molecule has 156 valence electrons. The molecular formula is C26H35NO2. The highest BCUT2D eigenvalue weighted by atomic mass is 16.5. The highest BCUT2D eigenvalue weighted by molar-refractivity contribution is 5.73. The number of pyridine rings is 1. The summed E-state index contributed by atoms with van der Waals surface area (Å²) in [6.07, 6.45) is 15.6. The van der Waals surface area contributed by atoms with Gasteiger partial charge < -0.3 is 4.74 Å². The number of fused-ring (bicyclic) bond motifs is 5. The van der Waals surface area contributed by atoms with Gasteiger partial charge in [-0.1, -0.05) is 26.8 Å². The molecule has 0 spiro atoms. The number of carbonyl (C=O) groups excluding carboxylic acids is 1. The molecular weight excluding hydrogens is 358 g/mol. The number of hydrogen-bond donors (Lipinski definition) is 0. The van der Waals surface area contributed by atoms with Gasteiger partial charge in [-0.2, -0.15) is 0 Å². The van der Waals surface area contributed by atoms with Crippen LogP contribution in [0.15, 0.2) is 24.5 Å². The van der Waals surface area contributed by atoms with Gasteiger partial charge in [0.1, 0.15) is 0 Å². The minimum Gasteiger partial charge on any atom is -0.465 e. The largest absolute Gasteiger partial charge is 0.465 e. The van der Waals surface area contributed by atoms with Crippen LogP contribution >= 0.6 is 0 Å². The summed E-state index contributed by atoms with van der Waals surface area (Å²) in [7, 11) is 0. The fourth-order valence-corrected chi connectivity index (χ4v) is 7.68. The Balaban J connectivity index is 1.44. The lowest BCUT2D eigenvalue weighted by molar-refractivity contribution is -0.144. The summed E-state index contributed by atoms with van der Waals surface area (Å²) in [4.78, 5) is 16.5. The second-order valence-electron chi connectivity index (χ2n) is 10.6. The zero-order chi connectivity index (χ0) is 20.2. The van der Waals surface area contributed by atoms with Crippen LogP contribution in [0.1, 0.15) is 76.8 Å². The third kappa shape index (κ3) is 2.91. The summed E-state index contributed by atoms with van der Waals surface area (Å²) < 4.78 is 5.56. The molecule has 3 aliphatic carbocycles. The summed E-state index contributed by atoms with van der Waals surface area (Å²) in [6, 6.07) is 2.37. The second kappa shape index (κ2) is 6.96. The van der Waals surface area contributed by atoms with Crippen molar-refractivity contribution < 1.29 is 9.53 Å². The van der Waals surface area contributed by atoms with Crippen LogP contribution < -0.4 is 0 Å². The first-order chi connectivity index (χ1) is 14.0. The van der Waals surface area contributed by atoms with Gasteiger partial charge >= 0.3 is 5.97 Å². The number of cyclic esters (lactones) is 1. The minimum atomic E-state index is 0.0194. The molecule has 0 bridgehead atoms. The van der Waals surface area contributed by atoms with E-state index in [9.17, 15) is 4.79 Å². The Morgan fingerprint density at radius 1 is 1.14 bits per heavy atom. The minimum absolute atomic E-state index is 0.0194. The first-order valence-corrected chi connectivity index (χ1v) is 11.8. The van der Waals surface area contributed by atoms with Crippen LogP contribution in [-0.2, 0) is 16.0 Å². The molecule has 0 aromatic carbocycles. The van der Waals surface area contributed by atoms with Crippen molar-refractivity contribution in [2.75, 3.05) is 6.61 Å². The number of rotatable bonds is 2. The molecule has 1 aliphatic heterocycles. The molecule has 2 heterocycles. The summed E-state index contributed by atoms with van der Waals surface area (Å²) in [6.45, 7) is 7.87. The molecule has 3 heteroatoms. The highest BCUT2D eigenvalue weighted by Gasteiger charge is 2.58. The fraction of sp³-hybridized carbons (Fsp3) is 0.692. The van der Waals surface area contributed by atoms with E-state index in [1.54, 1.807) is 5.57 Å². The molecule has 1 aromatic heterocycles. The molecule has 5 rings (SSSR count). The van der Waals surface area contributed by atoms with Crippen LogP contribution in [-0.4, -0.2) is 17.6 Å². The number of aryl methyl sites for hydroxylation is 1. The van der Waals surface area contributed by atoms with Crippen LogP contribution in [0, 0.1) is 34.5 Å². The lowest BCUT2D eigenvalue weighted by Gasteiger charge is -2.58. The van der Waals surface area contributed by atoms with Crippen molar-refractivity contribution in [2.45, 2.75) is 72.1 Å². The summed E-state index contributed by atoms with van der Waals surface area (Å²) >= 11 is 0. The van der Waals surface area contributed by atoms with E-state index in [4.69, 9.17) is 4.74 Å². The Kier molecular flexibility index (Phi) is 4.64. The monoisotopic (exact) mass is 393 g/mol. The number of allylic oxidation sites excluding steroid dienone is 2. The van der Waals surface area contributed by atoms with Crippen LogP contribution in [0.4, 0.5) is 0 Å². The van der Waals surface area contributed by atoms with Gasteiger partial charge in [0, 0.05) is 18.8 Å². The van der Waals surface area contributed by atoms with Crippen molar-refractivity contribution in [1.82, 2.24) is 4.98 Å². The quantitative estimate of drug-likeness (QED) is 0.593. The van der Waals surface area contributed by atoms with E-state index in [0.29, 0.717) is 18.9 Å². The summed E-state index contributed by atoms with van der Waals surface area (Å²) in [5.41, 5.74) is 4.77. The van der Waals surface area contributed by atoms with Gasteiger partial charge in [0.05, 0.1) is 6.61 Å². The number of carbonyl (C=O) groups is 1. The SMILES string of the molecule is CCc1cncc(C2=CCC3[C@@H]4CCC5COC(=O)CC[C@]5(C)C4CC[C@]23C)c1. The standard InChI is InChI=1S/C26H35NO2/c1-4-17-13-18(15-27-14-17)21-7-8-22-20-6-5-19-16-29-24(28)10-12-25(19,2)23(20)9-11-26(21,22)3/h7,13-15,19-20,22-23H,4-6,8-12,16H2,1-3H3/t19?,20-,22?,23?,25-,26+/m0/s1. The van der Waals surface area contributed by atoms with E-state index in [-0.39, 0.29) is 16.8 Å². The van der Waals surface area contributed by atoms with Gasteiger partial charge in [0.25, 0.3) is 0 Å². The van der Waals surface area contributed by atoms with Crippen molar-refractivity contribution >= 4 is 11.5 Å². The predicted octanol–water partition coefficient (Wildman–Crippen LogP) is 5.83. The zero-order valence-electron chi connectivity index (χ0n) is 18.2. The average molecular weight is 394 g/mol. The van der Waals surface area contributed by atoms with Crippen LogP contribution in [0.3, 0.4) is 0 Å². The summed E-state index contributed by atoms with van der Waals surface area (Å²) in [5.74, 6) is 2.82. The van der Waals surface area contributed by atoms with E-state index < -0.39 is 0 Å². The fourth-order valence-electron chi connectivity index (χ4n) is 7.68. The Labute approximate surface area is 175 Å². The lowest BCUT2D eigenvalue weighted by atomic mass is 9.46. The van der Waals surface area contributed by atoms with Gasteiger partial charge in [-0.15, -0.1) is 0 Å². The predicted molar refractivity (Wildman–Crippen MR) is 115 cm³/mol. The van der Waals surface area contributed by atoms with Gasteiger partial charge in [0.15, 0.2) is 0 Å². The first kappa shape index (κ1) is 19.3. The van der Waals surface area contributed by atoms with Gasteiger partial charge in [-0.25, -0.2) is 0 Å². The Morgan fingerprint density at radius 3 is 2.83 bits per heavy atom. The number of hydrogen-bond acceptors (Lipinski definition) is 3. The number of esters is 1. The highest BCUT2D eigenvalue weighted by Crippen LogP contribution is 2.66. The molecule has 0 amide bonds. The van der Waals surface area contributed by atoms with Gasteiger partial charge in [-0.05, 0) is 102 Å². The smallest absolute Gasteiger partial charge is 0.305 e. The third-order valence-corrected chi connectivity index (χ3v) is 9.47. The van der Waals surface area contributed by atoms with Gasteiger partial charge in [0.2, 0.25) is 0 Å². The molecule has 2 saturated carbocycles. The second-order valence-corrected chi connectivity index (χ2v) is 10.6.